The minimum absolute atomic E-state index is 0.117. The number of anilines is 1. The molecule has 12 heteroatoms. The minimum atomic E-state index is -4.57. The van der Waals surface area contributed by atoms with E-state index < -0.39 is 28.7 Å². The molecule has 0 spiro atoms. The molecule has 1 saturated heterocycles. The minimum Gasteiger partial charge on any atom is -0.482 e. The maximum absolute atomic E-state index is 12.6. The van der Waals surface area contributed by atoms with Crippen LogP contribution in [0, 0.1) is 0 Å². The first kappa shape index (κ1) is 22.4. The van der Waals surface area contributed by atoms with E-state index in [1.54, 1.807) is 0 Å². The lowest BCUT2D eigenvalue weighted by atomic mass is 10.2. The second-order valence-corrected chi connectivity index (χ2v) is 8.89. The van der Waals surface area contributed by atoms with Crippen molar-refractivity contribution in [2.75, 3.05) is 25.0 Å². The maximum atomic E-state index is 12.6. The molecule has 1 aromatic heterocycles. The maximum Gasteiger partial charge on any atom is 0.422 e. The number of amides is 1. The van der Waals surface area contributed by atoms with Crippen molar-refractivity contribution in [1.82, 2.24) is 4.31 Å². The predicted octanol–water partition coefficient (Wildman–Crippen LogP) is 4.30. The fourth-order valence-corrected chi connectivity index (χ4v) is 4.48. The van der Waals surface area contributed by atoms with Gasteiger partial charge in [0.05, 0.1) is 5.69 Å². The van der Waals surface area contributed by atoms with E-state index in [1.165, 1.54) is 28.6 Å². The Balaban J connectivity index is 1.76. The molecule has 164 valence electrons. The van der Waals surface area contributed by atoms with E-state index in [9.17, 15) is 26.4 Å². The van der Waals surface area contributed by atoms with E-state index in [2.05, 4.69) is 5.32 Å². The molecule has 3 rings (SSSR count). The van der Waals surface area contributed by atoms with Gasteiger partial charge >= 0.3 is 6.18 Å². The van der Waals surface area contributed by atoms with Gasteiger partial charge in [0.1, 0.15) is 5.75 Å². The zero-order valence-electron chi connectivity index (χ0n) is 15.5. The number of rotatable bonds is 6. The molecule has 0 radical (unpaired) electrons. The Hall–Kier alpha value is -2.24. The summed E-state index contributed by atoms with van der Waals surface area (Å²) in [5.41, 5.74) is -0.117. The van der Waals surface area contributed by atoms with Gasteiger partial charge in [-0.1, -0.05) is 18.0 Å². The average molecular weight is 467 g/mol. The van der Waals surface area contributed by atoms with E-state index >= 15 is 0 Å². The molecule has 7 nitrogen and oxygen atoms in total. The van der Waals surface area contributed by atoms with Gasteiger partial charge in [0.2, 0.25) is 5.09 Å². The summed E-state index contributed by atoms with van der Waals surface area (Å²) in [6.45, 7) is -0.823. The lowest BCUT2D eigenvalue weighted by Crippen LogP contribution is -2.35. The highest BCUT2D eigenvalue weighted by molar-refractivity contribution is 7.89. The molecule has 1 aliphatic heterocycles. The zero-order chi connectivity index (χ0) is 21.9. The third-order valence-corrected chi connectivity index (χ3v) is 6.30. The second kappa shape index (κ2) is 8.86. The van der Waals surface area contributed by atoms with Crippen LogP contribution >= 0.6 is 11.6 Å². The molecule has 0 atom stereocenters. The average Bonchev–Trinajstić information content (AvgIpc) is 3.18. The van der Waals surface area contributed by atoms with Crippen LogP contribution in [-0.2, 0) is 10.0 Å². The number of halogens is 4. The summed E-state index contributed by atoms with van der Waals surface area (Å²) in [6.07, 6.45) is -2.15. The smallest absolute Gasteiger partial charge is 0.422 e. The Morgan fingerprint density at radius 1 is 1.17 bits per heavy atom. The molecule has 0 unspecified atom stereocenters. The Bertz CT molecular complexity index is 1020. The molecule has 2 heterocycles. The number of carbonyl (C=O) groups is 1. The largest absolute Gasteiger partial charge is 0.482 e. The third kappa shape index (κ3) is 5.46. The predicted molar refractivity (Wildman–Crippen MR) is 102 cm³/mol. The SMILES string of the molecule is O=C(Nc1cc(Cl)ccc1OCC(F)(F)F)c1ccc(S(=O)(=O)N2CCCCC2)o1. The van der Waals surface area contributed by atoms with Crippen molar-refractivity contribution in [2.45, 2.75) is 30.5 Å². The summed E-state index contributed by atoms with van der Waals surface area (Å²) in [4.78, 5) is 12.5. The number of hydrogen-bond donors (Lipinski definition) is 1. The van der Waals surface area contributed by atoms with Gasteiger partial charge in [-0.2, -0.15) is 17.5 Å². The first-order valence-electron chi connectivity index (χ1n) is 8.97. The van der Waals surface area contributed by atoms with Crippen LogP contribution in [0.25, 0.3) is 0 Å². The number of ether oxygens (including phenoxy) is 1. The molecule has 1 aliphatic rings. The summed E-state index contributed by atoms with van der Waals surface area (Å²) < 4.78 is 73.7. The molecule has 30 heavy (non-hydrogen) atoms. The van der Waals surface area contributed by atoms with Crippen molar-refractivity contribution < 1.29 is 35.5 Å². The molecule has 0 saturated carbocycles. The van der Waals surface area contributed by atoms with Crippen molar-refractivity contribution >= 4 is 33.2 Å². The van der Waals surface area contributed by atoms with E-state index in [0.717, 1.165) is 25.3 Å². The highest BCUT2D eigenvalue weighted by Gasteiger charge is 2.31. The molecule has 0 aliphatic carbocycles. The molecule has 1 N–H and O–H groups in total. The van der Waals surface area contributed by atoms with Crippen molar-refractivity contribution in [3.63, 3.8) is 0 Å². The lowest BCUT2D eigenvalue weighted by Gasteiger charge is -2.24. The van der Waals surface area contributed by atoms with Crippen LogP contribution in [0.3, 0.4) is 0 Å². The van der Waals surface area contributed by atoms with Crippen LogP contribution in [0.5, 0.6) is 5.75 Å². The number of nitrogens with zero attached hydrogens (tertiary/aromatic N) is 1. The summed E-state index contributed by atoms with van der Waals surface area (Å²) in [6, 6.07) is 6.03. The molecule has 1 aromatic carbocycles. The molecule has 1 amide bonds. The number of hydrogen-bond acceptors (Lipinski definition) is 5. The van der Waals surface area contributed by atoms with Crippen LogP contribution < -0.4 is 10.1 Å². The second-order valence-electron chi connectivity index (χ2n) is 6.58. The number of carbonyl (C=O) groups excluding carboxylic acids is 1. The van der Waals surface area contributed by atoms with E-state index in [-0.39, 0.29) is 27.3 Å². The van der Waals surface area contributed by atoms with Gasteiger partial charge in [-0.3, -0.25) is 4.79 Å². The number of alkyl halides is 3. The number of nitrogens with one attached hydrogen (secondary N) is 1. The Morgan fingerprint density at radius 2 is 1.87 bits per heavy atom. The molecular weight excluding hydrogens is 449 g/mol. The molecular formula is C18H18ClF3N2O5S. The van der Waals surface area contributed by atoms with Crippen molar-refractivity contribution in [3.05, 3.63) is 41.1 Å². The van der Waals surface area contributed by atoms with Gasteiger partial charge in [0.25, 0.3) is 15.9 Å². The Kier molecular flexibility index (Phi) is 6.63. The number of benzene rings is 1. The standard InChI is InChI=1S/C18H18ClF3N2O5S/c19-12-4-5-14(28-11-18(20,21)22)13(10-12)23-17(25)15-6-7-16(29-15)30(26,27)24-8-2-1-3-9-24/h4-7,10H,1-3,8-9,11H2,(H,23,25). The topological polar surface area (TPSA) is 88.8 Å². The quantitative estimate of drug-likeness (QED) is 0.685. The lowest BCUT2D eigenvalue weighted by molar-refractivity contribution is -0.153. The van der Waals surface area contributed by atoms with Gasteiger partial charge in [0, 0.05) is 18.1 Å². The Labute approximate surface area is 175 Å². The fraction of sp³-hybridized carbons (Fsp3) is 0.389. The van der Waals surface area contributed by atoms with Crippen LogP contribution in [0.4, 0.5) is 18.9 Å². The monoisotopic (exact) mass is 466 g/mol. The summed E-state index contributed by atoms with van der Waals surface area (Å²) >= 11 is 5.85. The van der Waals surface area contributed by atoms with Crippen LogP contribution in [0.2, 0.25) is 5.02 Å². The first-order valence-corrected chi connectivity index (χ1v) is 10.8. The number of furan rings is 1. The van der Waals surface area contributed by atoms with Gasteiger partial charge in [-0.05, 0) is 43.2 Å². The zero-order valence-corrected chi connectivity index (χ0v) is 17.1. The summed E-state index contributed by atoms with van der Waals surface area (Å²) in [5, 5.41) is 2.10. The van der Waals surface area contributed by atoms with Crippen molar-refractivity contribution in [1.29, 1.82) is 0 Å². The molecule has 2 aromatic rings. The highest BCUT2D eigenvalue weighted by atomic mass is 35.5. The van der Waals surface area contributed by atoms with Crippen molar-refractivity contribution in [3.8, 4) is 5.75 Å². The molecule has 0 bridgehead atoms. The van der Waals surface area contributed by atoms with Gasteiger partial charge in [-0.25, -0.2) is 8.42 Å². The number of sulfonamides is 1. The molecule has 1 fully saturated rings. The van der Waals surface area contributed by atoms with Crippen LogP contribution in [0.1, 0.15) is 29.8 Å². The normalized spacial score (nSPS) is 15.7. The third-order valence-electron chi connectivity index (χ3n) is 4.30. The van der Waals surface area contributed by atoms with Crippen LogP contribution in [-0.4, -0.2) is 44.5 Å². The van der Waals surface area contributed by atoms with Gasteiger partial charge in [0.15, 0.2) is 12.4 Å². The summed E-state index contributed by atoms with van der Waals surface area (Å²) in [7, 11) is -3.87. The van der Waals surface area contributed by atoms with E-state index in [0.29, 0.717) is 13.1 Å². The fourth-order valence-electron chi connectivity index (χ4n) is 2.88. The van der Waals surface area contributed by atoms with Gasteiger partial charge < -0.3 is 14.5 Å². The van der Waals surface area contributed by atoms with E-state index in [4.69, 9.17) is 20.8 Å². The first-order chi connectivity index (χ1) is 14.1. The van der Waals surface area contributed by atoms with Gasteiger partial charge in [-0.15, -0.1) is 0 Å². The van der Waals surface area contributed by atoms with E-state index in [1.807, 2.05) is 0 Å². The summed E-state index contributed by atoms with van der Waals surface area (Å²) in [5.74, 6) is -1.45. The highest BCUT2D eigenvalue weighted by Crippen LogP contribution is 2.30. The van der Waals surface area contributed by atoms with Crippen LogP contribution in [0.15, 0.2) is 39.8 Å². The Morgan fingerprint density at radius 3 is 2.53 bits per heavy atom. The number of piperidine rings is 1. The van der Waals surface area contributed by atoms with Crippen molar-refractivity contribution in [2.24, 2.45) is 0 Å².